The van der Waals surface area contributed by atoms with Gasteiger partial charge in [-0.1, -0.05) is 12.1 Å². The average molecular weight is 611 g/mol. The fourth-order valence-corrected chi connectivity index (χ4v) is 4.50. The van der Waals surface area contributed by atoms with E-state index in [9.17, 15) is 50.4 Å². The molecule has 44 heavy (non-hydrogen) atoms. The topological polar surface area (TPSA) is 237 Å². The molecule has 1 saturated heterocycles. The van der Waals surface area contributed by atoms with Crippen LogP contribution in [0.3, 0.4) is 0 Å². The zero-order valence-electron chi connectivity index (χ0n) is 22.5. The smallest absolute Gasteiger partial charge is 0.330 e. The molecule has 5 rings (SSSR count). The second-order valence-electron chi connectivity index (χ2n) is 9.82. The fourth-order valence-electron chi connectivity index (χ4n) is 4.50. The van der Waals surface area contributed by atoms with Gasteiger partial charge in [-0.3, -0.25) is 4.79 Å². The predicted octanol–water partition coefficient (Wildman–Crippen LogP) is 1.43. The van der Waals surface area contributed by atoms with Crippen molar-refractivity contribution in [3.05, 3.63) is 76.5 Å². The van der Waals surface area contributed by atoms with E-state index < -0.39 is 82.8 Å². The molecule has 0 bridgehead atoms. The summed E-state index contributed by atoms with van der Waals surface area (Å²) >= 11 is 0. The number of aliphatic hydroxyl groups is 3. The van der Waals surface area contributed by atoms with Crippen LogP contribution in [-0.2, 0) is 14.3 Å². The fraction of sp³-hybridized carbons (Fsp3) is 0.200. The van der Waals surface area contributed by atoms with Gasteiger partial charge in [0.05, 0.1) is 0 Å². The number of hydrogen-bond donors (Lipinski definition) is 8. The van der Waals surface area contributed by atoms with Crippen molar-refractivity contribution in [3.8, 4) is 45.8 Å². The van der Waals surface area contributed by atoms with Gasteiger partial charge < -0.3 is 59.5 Å². The van der Waals surface area contributed by atoms with Crippen LogP contribution in [0, 0.1) is 0 Å². The van der Waals surface area contributed by atoms with Crippen LogP contribution in [0.2, 0.25) is 0 Å². The molecule has 0 radical (unpaired) electrons. The minimum Gasteiger partial charge on any atom is -0.508 e. The van der Waals surface area contributed by atoms with Gasteiger partial charge in [0.2, 0.25) is 17.5 Å². The molecule has 0 spiro atoms. The van der Waals surface area contributed by atoms with E-state index in [2.05, 4.69) is 0 Å². The van der Waals surface area contributed by atoms with Crippen molar-refractivity contribution >= 4 is 23.0 Å². The molecule has 5 atom stereocenters. The summed E-state index contributed by atoms with van der Waals surface area (Å²) in [5, 5.41) is 80.8. The monoisotopic (exact) mass is 610 g/mol. The Morgan fingerprint density at radius 3 is 2.34 bits per heavy atom. The number of benzene rings is 3. The van der Waals surface area contributed by atoms with Crippen LogP contribution in [0.4, 0.5) is 0 Å². The molecule has 1 aliphatic heterocycles. The Labute approximate surface area is 247 Å². The number of fused-ring (bicyclic) bond motifs is 1. The van der Waals surface area contributed by atoms with Gasteiger partial charge in [0.25, 0.3) is 0 Å². The van der Waals surface area contributed by atoms with Gasteiger partial charge in [0, 0.05) is 23.8 Å². The van der Waals surface area contributed by atoms with E-state index in [1.54, 1.807) is 12.1 Å². The summed E-state index contributed by atoms with van der Waals surface area (Å²) < 4.78 is 22.1. The van der Waals surface area contributed by atoms with E-state index >= 15 is 0 Å². The van der Waals surface area contributed by atoms with Crippen LogP contribution in [0.5, 0.6) is 34.5 Å². The summed E-state index contributed by atoms with van der Waals surface area (Å²) in [5.41, 5.74) is -0.822. The van der Waals surface area contributed by atoms with Crippen molar-refractivity contribution in [2.75, 3.05) is 6.61 Å². The number of phenols is 5. The highest BCUT2D eigenvalue weighted by atomic mass is 16.7. The van der Waals surface area contributed by atoms with Crippen molar-refractivity contribution in [1.82, 2.24) is 0 Å². The Hall–Kier alpha value is -5.28. The first-order valence-corrected chi connectivity index (χ1v) is 13.0. The number of phenolic OH excluding ortho intramolecular Hbond substituents is 5. The number of aromatic hydroxyl groups is 5. The van der Waals surface area contributed by atoms with Gasteiger partial charge in [-0.15, -0.1) is 0 Å². The third-order valence-electron chi connectivity index (χ3n) is 6.73. The lowest BCUT2D eigenvalue weighted by atomic mass is 9.99. The molecule has 1 aromatic heterocycles. The van der Waals surface area contributed by atoms with E-state index in [-0.39, 0.29) is 22.7 Å². The number of carbonyl (C=O) groups is 1. The van der Waals surface area contributed by atoms with Gasteiger partial charge in [-0.2, -0.15) is 0 Å². The van der Waals surface area contributed by atoms with E-state index in [1.807, 2.05) is 0 Å². The molecule has 3 aromatic carbocycles. The lowest BCUT2D eigenvalue weighted by Gasteiger charge is -2.39. The SMILES string of the molecule is O=C(C=Cc1cccc(O)c1)OC[C@H]1O[C@H](Oc2c(-c3ccc(O)c(O)c3)oc3cc(O)cc(O)c3c2=O)[C@H](O)[C@H](O)[C@@H]1O. The molecule has 4 aromatic rings. The molecule has 0 amide bonds. The van der Waals surface area contributed by atoms with Gasteiger partial charge >= 0.3 is 5.97 Å². The van der Waals surface area contributed by atoms with Gasteiger partial charge in [-0.05, 0) is 42.0 Å². The molecule has 1 fully saturated rings. The predicted molar refractivity (Wildman–Crippen MR) is 150 cm³/mol. The van der Waals surface area contributed by atoms with E-state index in [4.69, 9.17) is 18.6 Å². The summed E-state index contributed by atoms with van der Waals surface area (Å²) in [4.78, 5) is 25.8. The zero-order chi connectivity index (χ0) is 31.7. The summed E-state index contributed by atoms with van der Waals surface area (Å²) in [7, 11) is 0. The molecule has 0 aliphatic carbocycles. The van der Waals surface area contributed by atoms with Crippen LogP contribution >= 0.6 is 0 Å². The minimum atomic E-state index is -1.95. The van der Waals surface area contributed by atoms with Crippen molar-refractivity contribution in [2.45, 2.75) is 30.7 Å². The maximum Gasteiger partial charge on any atom is 0.330 e. The lowest BCUT2D eigenvalue weighted by Crippen LogP contribution is -2.60. The highest BCUT2D eigenvalue weighted by Crippen LogP contribution is 2.39. The Morgan fingerprint density at radius 2 is 1.61 bits per heavy atom. The lowest BCUT2D eigenvalue weighted by molar-refractivity contribution is -0.278. The number of hydrogen-bond acceptors (Lipinski definition) is 14. The van der Waals surface area contributed by atoms with Crippen LogP contribution in [0.25, 0.3) is 28.4 Å². The Kier molecular flexibility index (Phi) is 8.33. The van der Waals surface area contributed by atoms with Crippen LogP contribution in [0.1, 0.15) is 5.56 Å². The largest absolute Gasteiger partial charge is 0.508 e. The normalized spacial score (nSPS) is 21.8. The van der Waals surface area contributed by atoms with Crippen molar-refractivity contribution < 1.29 is 64.3 Å². The van der Waals surface area contributed by atoms with E-state index in [0.29, 0.717) is 5.56 Å². The van der Waals surface area contributed by atoms with Crippen LogP contribution in [0.15, 0.2) is 69.9 Å². The van der Waals surface area contributed by atoms with Gasteiger partial charge in [0.1, 0.15) is 59.2 Å². The summed E-state index contributed by atoms with van der Waals surface area (Å²) in [6.07, 6.45) is -6.54. The van der Waals surface area contributed by atoms with Gasteiger partial charge in [0.15, 0.2) is 17.3 Å². The number of ether oxygens (including phenoxy) is 3. The molecular weight excluding hydrogens is 584 g/mol. The quantitative estimate of drug-likeness (QED) is 0.0840. The molecule has 230 valence electrons. The molecule has 8 N–H and O–H groups in total. The highest BCUT2D eigenvalue weighted by molar-refractivity contribution is 5.88. The third-order valence-corrected chi connectivity index (χ3v) is 6.73. The maximum atomic E-state index is 13.6. The molecule has 14 heteroatoms. The van der Waals surface area contributed by atoms with Crippen molar-refractivity contribution in [3.63, 3.8) is 0 Å². The second-order valence-corrected chi connectivity index (χ2v) is 9.82. The van der Waals surface area contributed by atoms with Crippen LogP contribution in [-0.4, -0.2) is 84.1 Å². The first-order chi connectivity index (χ1) is 20.9. The first kappa shape index (κ1) is 30.2. The first-order valence-electron chi connectivity index (χ1n) is 13.0. The van der Waals surface area contributed by atoms with Crippen molar-refractivity contribution in [1.29, 1.82) is 0 Å². The molecular formula is C30H26O14. The average Bonchev–Trinajstić information content (AvgIpc) is 2.97. The summed E-state index contributed by atoms with van der Waals surface area (Å²) in [6, 6.07) is 11.3. The Morgan fingerprint density at radius 1 is 0.841 bits per heavy atom. The molecule has 2 heterocycles. The number of esters is 1. The highest BCUT2D eigenvalue weighted by Gasteiger charge is 2.46. The standard InChI is InChI=1S/C30H26O14/c31-15-3-1-2-13(8-15)4-7-22(36)41-12-21-24(37)26(39)27(40)30(43-21)44-29-25(38)23-19(35)10-16(32)11-20(23)42-28(29)14-5-6-17(33)18(34)9-14/h1-11,21,24,26-27,30-35,37,39-40H,12H2/t21-,24-,26-,27-,30-/m1/s1. The number of aliphatic hydroxyl groups excluding tert-OH is 3. The van der Waals surface area contributed by atoms with Crippen LogP contribution < -0.4 is 10.2 Å². The van der Waals surface area contributed by atoms with E-state index in [0.717, 1.165) is 30.3 Å². The van der Waals surface area contributed by atoms with Crippen molar-refractivity contribution in [2.24, 2.45) is 0 Å². The zero-order valence-corrected chi connectivity index (χ0v) is 22.5. The molecule has 1 aliphatic rings. The Balaban J connectivity index is 1.44. The maximum absolute atomic E-state index is 13.6. The second kappa shape index (κ2) is 12.1. The molecule has 0 unspecified atom stereocenters. The molecule has 14 nitrogen and oxygen atoms in total. The van der Waals surface area contributed by atoms with E-state index in [1.165, 1.54) is 24.3 Å². The molecule has 0 saturated carbocycles. The Bertz CT molecular complexity index is 1800. The number of carbonyl (C=O) groups excluding carboxylic acids is 1. The summed E-state index contributed by atoms with van der Waals surface area (Å²) in [5.74, 6) is -4.16. The number of rotatable bonds is 7. The summed E-state index contributed by atoms with van der Waals surface area (Å²) in [6.45, 7) is -0.626. The minimum absolute atomic E-state index is 0.0167. The third kappa shape index (κ3) is 6.09. The van der Waals surface area contributed by atoms with Gasteiger partial charge in [-0.25, -0.2) is 4.79 Å².